The van der Waals surface area contributed by atoms with Gasteiger partial charge in [0.15, 0.2) is 0 Å². The Kier molecular flexibility index (Phi) is 3.83. The summed E-state index contributed by atoms with van der Waals surface area (Å²) in [5.74, 6) is 1.31. The van der Waals surface area contributed by atoms with Crippen LogP contribution >= 0.6 is 0 Å². The van der Waals surface area contributed by atoms with Gasteiger partial charge in [-0.05, 0) is 30.5 Å². The first kappa shape index (κ1) is 12.5. The van der Waals surface area contributed by atoms with Crippen molar-refractivity contribution in [1.29, 1.82) is 0 Å². The number of rotatable bonds is 5. The molecule has 4 heteroatoms. The van der Waals surface area contributed by atoms with Gasteiger partial charge in [-0.25, -0.2) is 0 Å². The van der Waals surface area contributed by atoms with Crippen LogP contribution in [0.25, 0.3) is 11.4 Å². The highest BCUT2D eigenvalue weighted by Crippen LogP contribution is 2.15. The number of hydrogen-bond donors (Lipinski definition) is 0. The second kappa shape index (κ2) is 6.10. The van der Waals surface area contributed by atoms with Crippen LogP contribution in [0.15, 0.2) is 59.4 Å². The fraction of sp³-hybridized carbons (Fsp3) is 0.188. The molecule has 2 aromatic heterocycles. The molecule has 1 aromatic carbocycles. The van der Waals surface area contributed by atoms with Crippen LogP contribution in [0.4, 0.5) is 0 Å². The monoisotopic (exact) mass is 265 g/mol. The van der Waals surface area contributed by atoms with Gasteiger partial charge in [0.2, 0.25) is 11.7 Å². The summed E-state index contributed by atoms with van der Waals surface area (Å²) in [5, 5.41) is 4.00. The molecule has 0 fully saturated rings. The quantitative estimate of drug-likeness (QED) is 0.710. The zero-order valence-corrected chi connectivity index (χ0v) is 11.1. The van der Waals surface area contributed by atoms with Crippen molar-refractivity contribution in [1.82, 2.24) is 15.1 Å². The minimum atomic E-state index is 0.627. The molecule has 3 rings (SSSR count). The van der Waals surface area contributed by atoms with Crippen molar-refractivity contribution in [2.75, 3.05) is 0 Å². The molecule has 0 radical (unpaired) electrons. The van der Waals surface area contributed by atoms with E-state index in [1.807, 2.05) is 18.2 Å². The Hall–Kier alpha value is -2.49. The van der Waals surface area contributed by atoms with Crippen molar-refractivity contribution < 1.29 is 4.52 Å². The maximum atomic E-state index is 5.28. The van der Waals surface area contributed by atoms with Crippen molar-refractivity contribution in [3.63, 3.8) is 0 Å². The predicted octanol–water partition coefficient (Wildman–Crippen LogP) is 3.31. The number of benzene rings is 1. The lowest BCUT2D eigenvalue weighted by molar-refractivity contribution is 0.376. The molecule has 3 aromatic rings. The summed E-state index contributed by atoms with van der Waals surface area (Å²) in [7, 11) is 0. The summed E-state index contributed by atoms with van der Waals surface area (Å²) in [6, 6.07) is 14.2. The Morgan fingerprint density at radius 1 is 0.900 bits per heavy atom. The molecule has 0 spiro atoms. The summed E-state index contributed by atoms with van der Waals surface area (Å²) < 4.78 is 5.28. The third kappa shape index (κ3) is 3.09. The standard InChI is InChI=1S/C16H15N3O/c1-2-5-13(6-3-1)7-4-8-15-18-16(19-20-15)14-9-11-17-12-10-14/h1-3,5-6,9-12H,4,7-8H2. The topological polar surface area (TPSA) is 51.8 Å². The Morgan fingerprint density at radius 3 is 2.50 bits per heavy atom. The molecule has 4 nitrogen and oxygen atoms in total. The van der Waals surface area contributed by atoms with Crippen LogP contribution in [0, 0.1) is 0 Å². The summed E-state index contributed by atoms with van der Waals surface area (Å²) in [5.41, 5.74) is 2.26. The van der Waals surface area contributed by atoms with Gasteiger partial charge in [-0.2, -0.15) is 4.98 Å². The number of hydrogen-bond acceptors (Lipinski definition) is 4. The van der Waals surface area contributed by atoms with Gasteiger partial charge in [-0.15, -0.1) is 0 Å². The van der Waals surface area contributed by atoms with Crippen LogP contribution in [0.3, 0.4) is 0 Å². The summed E-state index contributed by atoms with van der Waals surface area (Å²) in [6.07, 6.45) is 6.27. The van der Waals surface area contributed by atoms with E-state index in [-0.39, 0.29) is 0 Å². The second-order valence-corrected chi connectivity index (χ2v) is 4.59. The van der Waals surface area contributed by atoms with Crippen molar-refractivity contribution in [3.05, 3.63) is 66.3 Å². The lowest BCUT2D eigenvalue weighted by Gasteiger charge is -1.98. The van der Waals surface area contributed by atoms with Crippen LogP contribution in [0.1, 0.15) is 17.9 Å². The van der Waals surface area contributed by atoms with Crippen LogP contribution in [-0.4, -0.2) is 15.1 Å². The van der Waals surface area contributed by atoms with Gasteiger partial charge in [-0.3, -0.25) is 4.98 Å². The van der Waals surface area contributed by atoms with Gasteiger partial charge in [0, 0.05) is 24.4 Å². The first-order valence-electron chi connectivity index (χ1n) is 6.69. The van der Waals surface area contributed by atoms with Crippen molar-refractivity contribution in [2.45, 2.75) is 19.3 Å². The normalized spacial score (nSPS) is 10.6. The summed E-state index contributed by atoms with van der Waals surface area (Å²) >= 11 is 0. The van der Waals surface area contributed by atoms with E-state index >= 15 is 0 Å². The predicted molar refractivity (Wildman–Crippen MR) is 76.0 cm³/mol. The zero-order chi connectivity index (χ0) is 13.6. The van der Waals surface area contributed by atoms with Gasteiger partial charge in [-0.1, -0.05) is 35.5 Å². The lowest BCUT2D eigenvalue weighted by atomic mass is 10.1. The average molecular weight is 265 g/mol. The Labute approximate surface area is 117 Å². The van der Waals surface area contributed by atoms with Crippen molar-refractivity contribution in [3.8, 4) is 11.4 Å². The molecular weight excluding hydrogens is 250 g/mol. The number of pyridine rings is 1. The second-order valence-electron chi connectivity index (χ2n) is 4.59. The van der Waals surface area contributed by atoms with E-state index in [1.54, 1.807) is 12.4 Å². The lowest BCUT2D eigenvalue weighted by Crippen LogP contribution is -1.90. The molecule has 0 atom stereocenters. The van der Waals surface area contributed by atoms with Gasteiger partial charge < -0.3 is 4.52 Å². The molecule has 0 unspecified atom stereocenters. The highest BCUT2D eigenvalue weighted by atomic mass is 16.5. The molecule has 0 aliphatic heterocycles. The SMILES string of the molecule is c1ccc(CCCc2nc(-c3ccncc3)no2)cc1. The third-order valence-corrected chi connectivity index (χ3v) is 3.11. The highest BCUT2D eigenvalue weighted by molar-refractivity contribution is 5.52. The van der Waals surface area contributed by atoms with Crippen LogP contribution < -0.4 is 0 Å². The number of nitrogens with zero attached hydrogens (tertiary/aromatic N) is 3. The molecule has 0 saturated carbocycles. The molecule has 0 N–H and O–H groups in total. The first-order valence-corrected chi connectivity index (χ1v) is 6.69. The fourth-order valence-corrected chi connectivity index (χ4v) is 2.06. The molecule has 2 heterocycles. The van der Waals surface area contributed by atoms with E-state index in [1.165, 1.54) is 5.56 Å². The molecule has 0 aliphatic carbocycles. The zero-order valence-electron chi connectivity index (χ0n) is 11.1. The van der Waals surface area contributed by atoms with E-state index in [9.17, 15) is 0 Å². The smallest absolute Gasteiger partial charge is 0.226 e. The molecule has 0 aliphatic rings. The highest BCUT2D eigenvalue weighted by Gasteiger charge is 2.07. The van der Waals surface area contributed by atoms with Crippen molar-refractivity contribution >= 4 is 0 Å². The average Bonchev–Trinajstić information content (AvgIpc) is 2.98. The molecule has 0 saturated heterocycles. The van der Waals surface area contributed by atoms with Crippen LogP contribution in [-0.2, 0) is 12.8 Å². The van der Waals surface area contributed by atoms with Crippen molar-refractivity contribution in [2.24, 2.45) is 0 Å². The third-order valence-electron chi connectivity index (χ3n) is 3.11. The van der Waals surface area contributed by atoms with Gasteiger partial charge in [0.25, 0.3) is 0 Å². The van der Waals surface area contributed by atoms with Gasteiger partial charge in [0.05, 0.1) is 0 Å². The van der Waals surface area contributed by atoms with Crippen LogP contribution in [0.2, 0.25) is 0 Å². The van der Waals surface area contributed by atoms with Gasteiger partial charge >= 0.3 is 0 Å². The van der Waals surface area contributed by atoms with E-state index in [4.69, 9.17) is 4.52 Å². The minimum absolute atomic E-state index is 0.627. The number of aromatic nitrogens is 3. The Bertz CT molecular complexity index is 650. The van der Waals surface area contributed by atoms with E-state index in [2.05, 4.69) is 39.4 Å². The van der Waals surface area contributed by atoms with Gasteiger partial charge in [0.1, 0.15) is 0 Å². The molecule has 0 amide bonds. The van der Waals surface area contributed by atoms with E-state index in [0.29, 0.717) is 11.7 Å². The van der Waals surface area contributed by atoms with E-state index < -0.39 is 0 Å². The van der Waals surface area contributed by atoms with Crippen LogP contribution in [0.5, 0.6) is 0 Å². The molecular formula is C16H15N3O. The maximum Gasteiger partial charge on any atom is 0.226 e. The largest absolute Gasteiger partial charge is 0.339 e. The van der Waals surface area contributed by atoms with E-state index in [0.717, 1.165) is 24.8 Å². The number of aryl methyl sites for hydroxylation is 2. The first-order chi connectivity index (χ1) is 9.92. The minimum Gasteiger partial charge on any atom is -0.339 e. The Morgan fingerprint density at radius 2 is 1.70 bits per heavy atom. The molecule has 20 heavy (non-hydrogen) atoms. The Balaban J connectivity index is 1.58. The fourth-order valence-electron chi connectivity index (χ4n) is 2.06. The molecule has 100 valence electrons. The maximum absolute atomic E-state index is 5.28. The summed E-state index contributed by atoms with van der Waals surface area (Å²) in [4.78, 5) is 8.38. The molecule has 0 bridgehead atoms. The summed E-state index contributed by atoms with van der Waals surface area (Å²) in [6.45, 7) is 0.